The molecule has 3 aliphatic rings. The Morgan fingerprint density at radius 1 is 1.27 bits per heavy atom. The fraction of sp³-hybridized carbons (Fsp3) is 0.630. The summed E-state index contributed by atoms with van der Waals surface area (Å²) in [7, 11) is 0. The van der Waals surface area contributed by atoms with E-state index < -0.39 is 29.8 Å². The molecule has 0 aromatic heterocycles. The molecule has 10 heteroatoms. The zero-order valence-corrected chi connectivity index (χ0v) is 22.1. The van der Waals surface area contributed by atoms with E-state index in [-0.39, 0.29) is 42.2 Å². The largest absolute Gasteiger partial charge is 0.444 e. The van der Waals surface area contributed by atoms with E-state index in [0.717, 1.165) is 5.56 Å². The molecule has 4 rings (SSSR count). The minimum absolute atomic E-state index is 0.0684. The molecule has 9 nitrogen and oxygen atoms in total. The van der Waals surface area contributed by atoms with Crippen molar-refractivity contribution in [3.8, 4) is 6.07 Å². The smallest absolute Gasteiger partial charge is 0.408 e. The van der Waals surface area contributed by atoms with Crippen LogP contribution < -0.4 is 5.32 Å². The van der Waals surface area contributed by atoms with Gasteiger partial charge in [-0.3, -0.25) is 14.5 Å². The average Bonchev–Trinajstić information content (AvgIpc) is 3.48. The molecule has 3 heterocycles. The third kappa shape index (κ3) is 5.72. The van der Waals surface area contributed by atoms with Gasteiger partial charge in [0.15, 0.2) is 0 Å². The molecule has 200 valence electrons. The van der Waals surface area contributed by atoms with E-state index in [1.165, 1.54) is 17.0 Å². The van der Waals surface area contributed by atoms with Crippen LogP contribution >= 0.6 is 0 Å². The van der Waals surface area contributed by atoms with Crippen molar-refractivity contribution in [3.05, 3.63) is 35.6 Å². The highest BCUT2D eigenvalue weighted by atomic mass is 19.1. The molecule has 3 saturated heterocycles. The summed E-state index contributed by atoms with van der Waals surface area (Å²) < 4.78 is 19.2. The lowest BCUT2D eigenvalue weighted by atomic mass is 10.1. The predicted molar refractivity (Wildman–Crippen MR) is 133 cm³/mol. The first-order valence-electron chi connectivity index (χ1n) is 12.9. The van der Waals surface area contributed by atoms with Gasteiger partial charge in [0.1, 0.15) is 23.5 Å². The second-order valence-corrected chi connectivity index (χ2v) is 11.5. The van der Waals surface area contributed by atoms with Crippen LogP contribution in [0.1, 0.15) is 59.1 Å². The number of nitrogens with zero attached hydrogens (tertiary/aromatic N) is 4. The fourth-order valence-corrected chi connectivity index (χ4v) is 5.81. The lowest BCUT2D eigenvalue weighted by Gasteiger charge is -2.39. The molecule has 0 spiro atoms. The van der Waals surface area contributed by atoms with E-state index in [9.17, 15) is 24.0 Å². The Bertz CT molecular complexity index is 1100. The van der Waals surface area contributed by atoms with Gasteiger partial charge in [-0.2, -0.15) is 5.26 Å². The van der Waals surface area contributed by atoms with Crippen LogP contribution in [-0.4, -0.2) is 82.0 Å². The number of nitriles is 1. The van der Waals surface area contributed by atoms with Gasteiger partial charge in [0.25, 0.3) is 0 Å². The van der Waals surface area contributed by atoms with Crippen LogP contribution in [0, 0.1) is 23.1 Å². The summed E-state index contributed by atoms with van der Waals surface area (Å²) in [6.45, 7) is 10.2. The SMILES string of the molecule is CC1CC(C#N)N(C(=O)C(CN2CC3CC2C(=O)N3[C@@H](C)c2cccc(F)c2)NC(=O)OC(C)(C)C)C1. The fourth-order valence-electron chi connectivity index (χ4n) is 5.81. The van der Waals surface area contributed by atoms with E-state index in [2.05, 4.69) is 11.4 Å². The molecule has 0 aliphatic carbocycles. The van der Waals surface area contributed by atoms with E-state index in [1.54, 1.807) is 26.8 Å². The van der Waals surface area contributed by atoms with Crippen molar-refractivity contribution in [1.29, 1.82) is 5.26 Å². The summed E-state index contributed by atoms with van der Waals surface area (Å²) in [5, 5.41) is 12.3. The Morgan fingerprint density at radius 3 is 2.62 bits per heavy atom. The first kappa shape index (κ1) is 26.9. The Kier molecular flexibility index (Phi) is 7.47. The molecule has 3 aliphatic heterocycles. The number of likely N-dealkylation sites (tertiary alicyclic amines) is 3. The highest BCUT2D eigenvalue weighted by Gasteiger charge is 2.52. The predicted octanol–water partition coefficient (Wildman–Crippen LogP) is 2.83. The maximum absolute atomic E-state index is 13.8. The van der Waals surface area contributed by atoms with Crippen LogP contribution in [0.15, 0.2) is 24.3 Å². The normalized spacial score (nSPS) is 27.2. The van der Waals surface area contributed by atoms with Crippen molar-refractivity contribution in [1.82, 2.24) is 20.0 Å². The van der Waals surface area contributed by atoms with E-state index >= 15 is 0 Å². The van der Waals surface area contributed by atoms with Gasteiger partial charge >= 0.3 is 6.09 Å². The van der Waals surface area contributed by atoms with Gasteiger partial charge in [0, 0.05) is 25.7 Å². The number of ether oxygens (including phenoxy) is 1. The van der Waals surface area contributed by atoms with Gasteiger partial charge in [-0.05, 0) is 64.2 Å². The van der Waals surface area contributed by atoms with Gasteiger partial charge in [0.05, 0.1) is 18.2 Å². The zero-order chi connectivity index (χ0) is 27.1. The van der Waals surface area contributed by atoms with Crippen molar-refractivity contribution in [2.24, 2.45) is 5.92 Å². The number of amides is 3. The number of rotatable bonds is 6. The average molecular weight is 514 g/mol. The Balaban J connectivity index is 1.49. The molecule has 1 N–H and O–H groups in total. The number of alkyl carbamates (subject to hydrolysis) is 1. The van der Waals surface area contributed by atoms with E-state index in [1.807, 2.05) is 29.7 Å². The number of halogens is 1. The molecular weight excluding hydrogens is 477 g/mol. The minimum Gasteiger partial charge on any atom is -0.444 e. The van der Waals surface area contributed by atoms with Crippen LogP contribution in [-0.2, 0) is 14.3 Å². The van der Waals surface area contributed by atoms with Crippen LogP contribution in [0.25, 0.3) is 0 Å². The minimum atomic E-state index is -0.961. The lowest BCUT2D eigenvalue weighted by Crippen LogP contribution is -2.59. The van der Waals surface area contributed by atoms with Gasteiger partial charge in [0.2, 0.25) is 11.8 Å². The van der Waals surface area contributed by atoms with Crippen molar-refractivity contribution < 1.29 is 23.5 Å². The molecule has 2 bridgehead atoms. The Morgan fingerprint density at radius 2 is 2.00 bits per heavy atom. The Hall–Kier alpha value is -3.19. The lowest BCUT2D eigenvalue weighted by molar-refractivity contribution is -0.141. The quantitative estimate of drug-likeness (QED) is 0.627. The molecule has 6 atom stereocenters. The number of carbonyl (C=O) groups is 3. The first-order valence-corrected chi connectivity index (χ1v) is 12.9. The summed E-state index contributed by atoms with van der Waals surface area (Å²) >= 11 is 0. The highest BCUT2D eigenvalue weighted by molar-refractivity contribution is 5.88. The molecule has 0 radical (unpaired) electrons. The molecule has 5 unspecified atom stereocenters. The first-order chi connectivity index (χ1) is 17.4. The third-order valence-corrected chi connectivity index (χ3v) is 7.41. The van der Waals surface area contributed by atoms with Gasteiger partial charge < -0.3 is 19.9 Å². The number of nitrogens with one attached hydrogen (secondary N) is 1. The number of carbonyl (C=O) groups excluding carboxylic acids is 3. The number of hydrogen-bond donors (Lipinski definition) is 1. The number of fused-ring (bicyclic) bond motifs is 2. The standard InChI is InChI=1S/C27H36FN5O4/c1-16-9-20(12-29)32(13-16)24(34)22(30-26(36)37-27(3,4)5)15-31-14-21-11-23(31)25(35)33(21)17(2)18-7-6-8-19(28)10-18/h6-8,10,16-17,20-23H,9,11,13-15H2,1-5H3,(H,30,36)/t16?,17-,20?,21?,22?,23?/m0/s1. The second-order valence-electron chi connectivity index (χ2n) is 11.5. The Labute approximate surface area is 217 Å². The molecule has 3 amide bonds. The summed E-state index contributed by atoms with van der Waals surface area (Å²) in [6, 6.07) is 6.18. The van der Waals surface area contributed by atoms with E-state index in [0.29, 0.717) is 25.9 Å². The van der Waals surface area contributed by atoms with Crippen molar-refractivity contribution in [3.63, 3.8) is 0 Å². The van der Waals surface area contributed by atoms with Crippen LogP contribution in [0.4, 0.5) is 9.18 Å². The summed E-state index contributed by atoms with van der Waals surface area (Å²) in [5.41, 5.74) is -0.0107. The van der Waals surface area contributed by atoms with E-state index in [4.69, 9.17) is 4.74 Å². The summed E-state index contributed by atoms with van der Waals surface area (Å²) in [6.07, 6.45) is 0.470. The number of piperazine rings is 1. The van der Waals surface area contributed by atoms with Crippen molar-refractivity contribution in [2.45, 2.75) is 83.3 Å². The third-order valence-electron chi connectivity index (χ3n) is 7.41. The van der Waals surface area contributed by atoms with Gasteiger partial charge in [-0.15, -0.1) is 0 Å². The molecular formula is C27H36FN5O4. The van der Waals surface area contributed by atoms with Crippen LogP contribution in [0.5, 0.6) is 0 Å². The van der Waals surface area contributed by atoms with Crippen LogP contribution in [0.3, 0.4) is 0 Å². The number of benzene rings is 1. The topological polar surface area (TPSA) is 106 Å². The molecule has 1 aromatic carbocycles. The molecule has 3 fully saturated rings. The van der Waals surface area contributed by atoms with Crippen molar-refractivity contribution in [2.75, 3.05) is 19.6 Å². The summed E-state index contributed by atoms with van der Waals surface area (Å²) in [5.74, 6) is -0.578. The molecule has 1 aromatic rings. The number of hydrogen-bond acceptors (Lipinski definition) is 6. The summed E-state index contributed by atoms with van der Waals surface area (Å²) in [4.78, 5) is 44.9. The monoisotopic (exact) mass is 513 g/mol. The van der Waals surface area contributed by atoms with Gasteiger partial charge in [-0.25, -0.2) is 9.18 Å². The van der Waals surface area contributed by atoms with Crippen LogP contribution in [0.2, 0.25) is 0 Å². The van der Waals surface area contributed by atoms with Crippen molar-refractivity contribution >= 4 is 17.9 Å². The molecule has 37 heavy (non-hydrogen) atoms. The van der Waals surface area contributed by atoms with Gasteiger partial charge in [-0.1, -0.05) is 19.1 Å². The maximum Gasteiger partial charge on any atom is 0.408 e. The highest BCUT2D eigenvalue weighted by Crippen LogP contribution is 2.38. The maximum atomic E-state index is 13.8. The zero-order valence-electron chi connectivity index (χ0n) is 22.1. The molecule has 0 saturated carbocycles. The second kappa shape index (κ2) is 10.3.